The molecular formula is C23H36IN5O. The molecule has 1 saturated heterocycles. The average Bonchev–Trinajstić information content (AvgIpc) is 2.98. The lowest BCUT2D eigenvalue weighted by Crippen LogP contribution is -2.45. The Bertz CT molecular complexity index is 821. The Balaban J connectivity index is 0.00000320. The summed E-state index contributed by atoms with van der Waals surface area (Å²) in [6, 6.07) is 10.8. The number of rotatable bonds is 6. The fraction of sp³-hybridized carbons (Fsp3) is 0.565. The van der Waals surface area contributed by atoms with Gasteiger partial charge < -0.3 is 15.4 Å². The Morgan fingerprint density at radius 1 is 1.30 bits per heavy atom. The van der Waals surface area contributed by atoms with Gasteiger partial charge in [-0.15, -0.1) is 24.0 Å². The Morgan fingerprint density at radius 3 is 2.67 bits per heavy atom. The van der Waals surface area contributed by atoms with Crippen molar-refractivity contribution in [2.45, 2.75) is 52.2 Å². The molecular weight excluding hydrogens is 489 g/mol. The van der Waals surface area contributed by atoms with E-state index in [9.17, 15) is 0 Å². The summed E-state index contributed by atoms with van der Waals surface area (Å²) in [5.41, 5.74) is 4.90. The molecule has 1 aromatic carbocycles. The van der Waals surface area contributed by atoms with E-state index >= 15 is 0 Å². The van der Waals surface area contributed by atoms with Crippen LogP contribution in [0.3, 0.4) is 0 Å². The van der Waals surface area contributed by atoms with E-state index in [2.05, 4.69) is 71.8 Å². The maximum atomic E-state index is 6.12. The maximum absolute atomic E-state index is 6.12. The van der Waals surface area contributed by atoms with Crippen molar-refractivity contribution in [1.82, 2.24) is 20.4 Å². The van der Waals surface area contributed by atoms with Gasteiger partial charge in [0.25, 0.3) is 0 Å². The second-order valence-electron chi connectivity index (χ2n) is 8.08. The first-order valence-corrected chi connectivity index (χ1v) is 10.6. The molecule has 3 atom stereocenters. The summed E-state index contributed by atoms with van der Waals surface area (Å²) in [5.74, 6) is 1.27. The molecule has 1 aliphatic rings. The second kappa shape index (κ2) is 11.7. The van der Waals surface area contributed by atoms with Crippen LogP contribution in [0.25, 0.3) is 0 Å². The third-order valence-corrected chi connectivity index (χ3v) is 5.88. The number of nitrogens with one attached hydrogen (secondary N) is 2. The number of aliphatic imine (C=N–C) groups is 1. The molecule has 3 unspecified atom stereocenters. The van der Waals surface area contributed by atoms with Crippen LogP contribution < -0.4 is 10.6 Å². The van der Waals surface area contributed by atoms with Gasteiger partial charge in [0.1, 0.15) is 0 Å². The number of hydrogen-bond donors (Lipinski definition) is 2. The molecule has 0 bridgehead atoms. The Hall–Kier alpha value is -1.61. The van der Waals surface area contributed by atoms with E-state index in [0.717, 1.165) is 44.1 Å². The number of nitrogens with zero attached hydrogens (tertiary/aromatic N) is 3. The van der Waals surface area contributed by atoms with Crippen molar-refractivity contribution < 1.29 is 4.74 Å². The van der Waals surface area contributed by atoms with Crippen LogP contribution in [0.2, 0.25) is 0 Å². The van der Waals surface area contributed by atoms with Crippen LogP contribution in [0.1, 0.15) is 48.4 Å². The summed E-state index contributed by atoms with van der Waals surface area (Å²) < 4.78 is 8.08. The molecule has 0 amide bonds. The molecule has 0 radical (unpaired) electrons. The first kappa shape index (κ1) is 24.7. The van der Waals surface area contributed by atoms with Gasteiger partial charge in [0.05, 0.1) is 11.8 Å². The molecule has 1 fully saturated rings. The minimum absolute atomic E-state index is 0. The van der Waals surface area contributed by atoms with Crippen molar-refractivity contribution in [1.29, 1.82) is 0 Å². The molecule has 1 aromatic heterocycles. The van der Waals surface area contributed by atoms with Crippen LogP contribution in [-0.4, -0.2) is 42.0 Å². The molecule has 6 nitrogen and oxygen atoms in total. The van der Waals surface area contributed by atoms with Crippen molar-refractivity contribution in [3.8, 4) is 0 Å². The number of aryl methyl sites for hydroxylation is 2. The predicted octanol–water partition coefficient (Wildman–Crippen LogP) is 3.92. The standard InChI is InChI=1S/C23H35N5O.HI/c1-16(14-21-17(2)27-28(5)18(21)3)26-23(24-4)25-15-20-12-9-13-29-22(20)19-10-7-6-8-11-19;/h6-8,10-11,16,20,22H,9,12-15H2,1-5H3,(H2,24,25,26);1H. The van der Waals surface area contributed by atoms with Crippen molar-refractivity contribution in [3.05, 3.63) is 52.8 Å². The van der Waals surface area contributed by atoms with Gasteiger partial charge in [-0.25, -0.2) is 0 Å². The van der Waals surface area contributed by atoms with Crippen LogP contribution >= 0.6 is 24.0 Å². The van der Waals surface area contributed by atoms with Crippen molar-refractivity contribution in [2.24, 2.45) is 18.0 Å². The average molecular weight is 525 g/mol. The molecule has 0 aliphatic carbocycles. The van der Waals surface area contributed by atoms with Crippen molar-refractivity contribution in [2.75, 3.05) is 20.2 Å². The van der Waals surface area contributed by atoms with Gasteiger partial charge in [0.2, 0.25) is 0 Å². The largest absolute Gasteiger partial charge is 0.373 e. The van der Waals surface area contributed by atoms with Gasteiger partial charge in [-0.3, -0.25) is 9.67 Å². The van der Waals surface area contributed by atoms with Crippen LogP contribution in [-0.2, 0) is 18.2 Å². The summed E-state index contributed by atoms with van der Waals surface area (Å²) in [4.78, 5) is 4.43. The molecule has 2 aromatic rings. The number of aromatic nitrogens is 2. The van der Waals surface area contributed by atoms with Crippen LogP contribution in [0.4, 0.5) is 0 Å². The Labute approximate surface area is 197 Å². The fourth-order valence-corrected chi connectivity index (χ4v) is 4.19. The van der Waals surface area contributed by atoms with E-state index in [4.69, 9.17) is 4.74 Å². The van der Waals surface area contributed by atoms with Gasteiger partial charge in [0.15, 0.2) is 5.96 Å². The number of halogens is 1. The molecule has 2 N–H and O–H groups in total. The predicted molar refractivity (Wildman–Crippen MR) is 134 cm³/mol. The quantitative estimate of drug-likeness (QED) is 0.341. The minimum Gasteiger partial charge on any atom is -0.373 e. The van der Waals surface area contributed by atoms with Crippen molar-refractivity contribution >= 4 is 29.9 Å². The highest BCUT2D eigenvalue weighted by atomic mass is 127. The molecule has 30 heavy (non-hydrogen) atoms. The summed E-state index contributed by atoms with van der Waals surface area (Å²) in [6.07, 6.45) is 3.34. The van der Waals surface area contributed by atoms with Gasteiger partial charge >= 0.3 is 0 Å². The highest BCUT2D eigenvalue weighted by molar-refractivity contribution is 14.0. The van der Waals surface area contributed by atoms with E-state index < -0.39 is 0 Å². The van der Waals surface area contributed by atoms with Gasteiger partial charge in [-0.2, -0.15) is 5.10 Å². The lowest BCUT2D eigenvalue weighted by atomic mass is 9.89. The summed E-state index contributed by atoms with van der Waals surface area (Å²) >= 11 is 0. The molecule has 166 valence electrons. The third-order valence-electron chi connectivity index (χ3n) is 5.88. The zero-order valence-corrected chi connectivity index (χ0v) is 21.1. The van der Waals surface area contributed by atoms with Crippen molar-refractivity contribution in [3.63, 3.8) is 0 Å². The van der Waals surface area contributed by atoms with E-state index in [-0.39, 0.29) is 36.1 Å². The van der Waals surface area contributed by atoms with E-state index in [1.165, 1.54) is 16.8 Å². The molecule has 3 rings (SSSR count). The zero-order chi connectivity index (χ0) is 20.8. The van der Waals surface area contributed by atoms with Crippen LogP contribution in [0, 0.1) is 19.8 Å². The van der Waals surface area contributed by atoms with E-state index in [1.54, 1.807) is 0 Å². The monoisotopic (exact) mass is 525 g/mol. The second-order valence-corrected chi connectivity index (χ2v) is 8.08. The van der Waals surface area contributed by atoms with E-state index in [1.807, 2.05) is 18.8 Å². The molecule has 0 saturated carbocycles. The third kappa shape index (κ3) is 6.20. The minimum atomic E-state index is 0. The van der Waals surface area contributed by atoms with Crippen LogP contribution in [0.5, 0.6) is 0 Å². The molecule has 2 heterocycles. The van der Waals surface area contributed by atoms with Crippen LogP contribution in [0.15, 0.2) is 35.3 Å². The topological polar surface area (TPSA) is 63.5 Å². The lowest BCUT2D eigenvalue weighted by molar-refractivity contribution is -0.0265. The van der Waals surface area contributed by atoms with E-state index in [0.29, 0.717) is 5.92 Å². The number of guanidine groups is 1. The van der Waals surface area contributed by atoms with Gasteiger partial charge in [-0.05, 0) is 51.2 Å². The normalized spacial score (nSPS) is 20.4. The summed E-state index contributed by atoms with van der Waals surface area (Å²) in [7, 11) is 3.83. The molecule has 1 aliphatic heterocycles. The first-order chi connectivity index (χ1) is 14.0. The molecule has 7 heteroatoms. The number of hydrogen-bond acceptors (Lipinski definition) is 3. The lowest BCUT2D eigenvalue weighted by Gasteiger charge is -2.33. The maximum Gasteiger partial charge on any atom is 0.191 e. The Morgan fingerprint density at radius 2 is 2.03 bits per heavy atom. The van der Waals surface area contributed by atoms with Gasteiger partial charge in [0, 0.05) is 44.9 Å². The highest BCUT2D eigenvalue weighted by Crippen LogP contribution is 2.33. The number of ether oxygens (including phenoxy) is 1. The first-order valence-electron chi connectivity index (χ1n) is 10.6. The SMILES string of the molecule is CN=C(NCC1CCCOC1c1ccccc1)NC(C)Cc1c(C)nn(C)c1C.I. The highest BCUT2D eigenvalue weighted by Gasteiger charge is 2.27. The summed E-state index contributed by atoms with van der Waals surface area (Å²) in [5, 5.41) is 11.6. The Kier molecular flexibility index (Phi) is 9.61. The smallest absolute Gasteiger partial charge is 0.191 e. The fourth-order valence-electron chi connectivity index (χ4n) is 4.19. The zero-order valence-electron chi connectivity index (χ0n) is 18.8. The van der Waals surface area contributed by atoms with Gasteiger partial charge in [-0.1, -0.05) is 30.3 Å². The number of benzene rings is 1. The summed E-state index contributed by atoms with van der Waals surface area (Å²) in [6.45, 7) is 8.08. The molecule has 0 spiro atoms.